The van der Waals surface area contributed by atoms with Crippen molar-refractivity contribution >= 4 is 55.8 Å². The van der Waals surface area contributed by atoms with Gasteiger partial charge in [0.1, 0.15) is 17.1 Å². The minimum absolute atomic E-state index is 0.197. The van der Waals surface area contributed by atoms with Crippen LogP contribution in [0.2, 0.25) is 0 Å². The van der Waals surface area contributed by atoms with E-state index in [2.05, 4.69) is 42.5 Å². The van der Waals surface area contributed by atoms with Gasteiger partial charge in [-0.15, -0.1) is 0 Å². The van der Waals surface area contributed by atoms with Gasteiger partial charge in [-0.05, 0) is 78.0 Å². The maximum Gasteiger partial charge on any atom is 0.258 e. The highest BCUT2D eigenvalue weighted by molar-refractivity contribution is 7.92. The number of carbonyl (C=O) groups excluding carboxylic acids is 2. The van der Waals surface area contributed by atoms with E-state index >= 15 is 0 Å². The van der Waals surface area contributed by atoms with Gasteiger partial charge in [-0.2, -0.15) is 0 Å². The lowest BCUT2D eigenvalue weighted by Crippen LogP contribution is -2.46. The zero-order chi connectivity index (χ0) is 43.4. The number of carbonyl (C=O) groups is 2. The second-order valence-corrected chi connectivity index (χ2v) is 17.7. The molecule has 1 fully saturated rings. The summed E-state index contributed by atoms with van der Waals surface area (Å²) < 4.78 is 43.8. The number of hydrogen-bond acceptors (Lipinski definition) is 12. The van der Waals surface area contributed by atoms with Crippen LogP contribution in [0.4, 0.5) is 23.0 Å². The van der Waals surface area contributed by atoms with Crippen LogP contribution in [-0.4, -0.2) is 114 Å². The molecule has 6 rings (SSSR count). The van der Waals surface area contributed by atoms with Crippen LogP contribution in [0.3, 0.4) is 0 Å². The number of fused-ring (bicyclic) bond motifs is 1. The number of anilines is 4. The molecule has 318 valence electrons. The van der Waals surface area contributed by atoms with Crippen molar-refractivity contribution in [3.8, 4) is 28.4 Å². The molecule has 15 nitrogen and oxygen atoms in total. The van der Waals surface area contributed by atoms with Crippen molar-refractivity contribution < 1.29 is 32.2 Å². The molecule has 5 aromatic rings. The third kappa shape index (κ3) is 10.4. The summed E-state index contributed by atoms with van der Waals surface area (Å²) in [6.07, 6.45) is 2.78. The molecule has 1 aliphatic heterocycles. The number of likely N-dealkylation sites (N-methyl/N-ethyl adjacent to an activating group) is 1. The summed E-state index contributed by atoms with van der Waals surface area (Å²) in [6, 6.07) is 18.2. The molecule has 0 atom stereocenters. The molecule has 0 saturated carbocycles. The lowest BCUT2D eigenvalue weighted by molar-refractivity contribution is 0.0934. The molecule has 4 aromatic carbocycles. The number of ether oxygens (including phenoxy) is 3. The first-order chi connectivity index (χ1) is 28.5. The van der Waals surface area contributed by atoms with E-state index in [1.54, 1.807) is 36.5 Å². The number of sulfonamides is 1. The Morgan fingerprint density at radius 2 is 1.53 bits per heavy atom. The van der Waals surface area contributed by atoms with Crippen LogP contribution in [0.1, 0.15) is 52.6 Å². The average Bonchev–Trinajstić information content (AvgIpc) is 3.20. The summed E-state index contributed by atoms with van der Waals surface area (Å²) in [5, 5.41) is 9.96. The van der Waals surface area contributed by atoms with E-state index in [0.29, 0.717) is 52.0 Å². The Hall–Kier alpha value is -5.97. The minimum atomic E-state index is -3.64. The predicted molar refractivity (Wildman–Crippen MR) is 237 cm³/mol. The maximum absolute atomic E-state index is 13.8. The van der Waals surface area contributed by atoms with Gasteiger partial charge in [-0.1, -0.05) is 32.9 Å². The Balaban J connectivity index is 1.20. The Morgan fingerprint density at radius 3 is 2.17 bits per heavy atom. The molecular formula is C44H54N8O7S. The topological polar surface area (TPSA) is 176 Å². The van der Waals surface area contributed by atoms with Crippen LogP contribution < -0.4 is 34.9 Å². The molecule has 2 amide bonds. The normalized spacial score (nSPS) is 13.8. The summed E-state index contributed by atoms with van der Waals surface area (Å²) in [6.45, 7) is 13.2. The second-order valence-electron chi connectivity index (χ2n) is 16.0. The number of hydrogen-bond donors (Lipinski definition) is 4. The fourth-order valence-electron chi connectivity index (χ4n) is 7.00. The summed E-state index contributed by atoms with van der Waals surface area (Å²) in [5.74, 6) is 0.540. The average molecular weight is 839 g/mol. The van der Waals surface area contributed by atoms with Crippen molar-refractivity contribution in [2.24, 2.45) is 0 Å². The van der Waals surface area contributed by atoms with E-state index in [4.69, 9.17) is 19.2 Å². The van der Waals surface area contributed by atoms with Crippen molar-refractivity contribution in [2.45, 2.75) is 33.1 Å². The fourth-order valence-corrected chi connectivity index (χ4v) is 7.56. The van der Waals surface area contributed by atoms with Gasteiger partial charge in [-0.3, -0.25) is 19.2 Å². The summed E-state index contributed by atoms with van der Waals surface area (Å²) in [4.78, 5) is 41.1. The number of nitrogens with zero attached hydrogens (tertiary/aromatic N) is 4. The molecule has 60 heavy (non-hydrogen) atoms. The first-order valence-electron chi connectivity index (χ1n) is 19.6. The predicted octanol–water partition coefficient (Wildman–Crippen LogP) is 6.27. The fraction of sp³-hybridized carbons (Fsp3) is 0.364. The van der Waals surface area contributed by atoms with Crippen LogP contribution in [0.25, 0.3) is 22.0 Å². The van der Waals surface area contributed by atoms with E-state index in [1.165, 1.54) is 21.3 Å². The quantitative estimate of drug-likeness (QED) is 0.0988. The first-order valence-corrected chi connectivity index (χ1v) is 21.5. The highest BCUT2D eigenvalue weighted by atomic mass is 32.2. The van der Waals surface area contributed by atoms with Crippen molar-refractivity contribution in [3.63, 3.8) is 0 Å². The monoisotopic (exact) mass is 838 g/mol. The molecule has 1 saturated heterocycles. The van der Waals surface area contributed by atoms with Gasteiger partial charge >= 0.3 is 0 Å². The van der Waals surface area contributed by atoms with Crippen LogP contribution in [0, 0.1) is 6.92 Å². The third-order valence-corrected chi connectivity index (χ3v) is 11.0. The van der Waals surface area contributed by atoms with Gasteiger partial charge in [0.15, 0.2) is 5.75 Å². The molecule has 1 aliphatic rings. The van der Waals surface area contributed by atoms with E-state index < -0.39 is 15.9 Å². The molecule has 0 spiro atoms. The minimum Gasteiger partial charge on any atom is -0.496 e. The van der Waals surface area contributed by atoms with Gasteiger partial charge in [0.2, 0.25) is 16.0 Å². The number of aromatic nitrogens is 2. The smallest absolute Gasteiger partial charge is 0.258 e. The van der Waals surface area contributed by atoms with Gasteiger partial charge in [0.05, 0.1) is 44.5 Å². The van der Waals surface area contributed by atoms with E-state index in [9.17, 15) is 18.0 Å². The number of aryl methyl sites for hydroxylation is 1. The molecule has 0 unspecified atom stereocenters. The number of piperazine rings is 1. The largest absolute Gasteiger partial charge is 0.496 e. The van der Waals surface area contributed by atoms with Crippen molar-refractivity contribution in [1.29, 1.82) is 0 Å². The highest BCUT2D eigenvalue weighted by Gasteiger charge is 2.24. The maximum atomic E-state index is 13.8. The SMILES string of the molecule is COc1cc(Nc2ncc3cc(-c4cc(C(=O)Nc5cc(C(C)(C)C)cc(NS(C)(=O)=O)c5OC)ccc4C)ccc3n2)cc(OC)c1C(=O)NCCN1CCN(C)CC1. The van der Waals surface area contributed by atoms with Crippen LogP contribution in [0.15, 0.2) is 66.9 Å². The summed E-state index contributed by atoms with van der Waals surface area (Å²) in [7, 11) is 2.91. The van der Waals surface area contributed by atoms with E-state index in [0.717, 1.165) is 66.6 Å². The Morgan fingerprint density at radius 1 is 0.850 bits per heavy atom. The number of methoxy groups -OCH3 is 3. The summed E-state index contributed by atoms with van der Waals surface area (Å²) >= 11 is 0. The molecule has 0 aliphatic carbocycles. The number of rotatable bonds is 14. The van der Waals surface area contributed by atoms with Crippen LogP contribution in [-0.2, 0) is 15.4 Å². The number of benzene rings is 4. The van der Waals surface area contributed by atoms with Crippen molar-refractivity contribution in [3.05, 3.63) is 89.1 Å². The first kappa shape index (κ1) is 43.6. The Labute approximate surface area is 351 Å². The number of amides is 2. The van der Waals surface area contributed by atoms with E-state index in [-0.39, 0.29) is 22.8 Å². The van der Waals surface area contributed by atoms with E-state index in [1.807, 2.05) is 58.0 Å². The second kappa shape index (κ2) is 18.1. The van der Waals surface area contributed by atoms with Crippen molar-refractivity contribution in [2.75, 3.05) is 89.3 Å². The third-order valence-electron chi connectivity index (χ3n) is 10.4. The Bertz CT molecular complexity index is 2490. The molecule has 16 heteroatoms. The highest BCUT2D eigenvalue weighted by Crippen LogP contribution is 2.40. The molecule has 1 aromatic heterocycles. The lowest BCUT2D eigenvalue weighted by Gasteiger charge is -2.32. The molecule has 0 bridgehead atoms. The number of nitrogens with one attached hydrogen (secondary N) is 4. The zero-order valence-corrected chi connectivity index (χ0v) is 36.5. The zero-order valence-electron chi connectivity index (χ0n) is 35.6. The Kier molecular flexibility index (Phi) is 13.2. The van der Waals surface area contributed by atoms with Gasteiger partial charge in [0.25, 0.3) is 11.8 Å². The van der Waals surface area contributed by atoms with Gasteiger partial charge < -0.3 is 35.1 Å². The summed E-state index contributed by atoms with van der Waals surface area (Å²) in [5.41, 5.74) is 5.61. The van der Waals surface area contributed by atoms with Crippen molar-refractivity contribution in [1.82, 2.24) is 25.1 Å². The van der Waals surface area contributed by atoms with Gasteiger partial charge in [-0.25, -0.2) is 18.4 Å². The van der Waals surface area contributed by atoms with Crippen LogP contribution in [0.5, 0.6) is 17.2 Å². The molecule has 4 N–H and O–H groups in total. The molecule has 0 radical (unpaired) electrons. The van der Waals surface area contributed by atoms with Crippen LogP contribution >= 0.6 is 0 Å². The van der Waals surface area contributed by atoms with Gasteiger partial charge in [0, 0.05) is 74.2 Å². The standard InChI is InChI=1S/C44H54N8O7S/c1-27-10-11-29(41(53)48-35-22-31(44(2,3)4)23-36(40(35)59-8)50-60(9,55)56)21-33(27)28-12-13-34-30(20-28)26-46-43(49-34)47-32-24-37(57-6)39(38(25-32)58-7)42(54)45-14-15-52-18-16-51(5)17-19-52/h10-13,20-26,50H,14-19H2,1-9H3,(H,45,54)(H,48,53)(H,46,47,49). The lowest BCUT2D eigenvalue weighted by atomic mass is 9.86. The molecular weight excluding hydrogens is 785 g/mol. The molecule has 2 heterocycles.